The van der Waals surface area contributed by atoms with Crippen molar-refractivity contribution in [1.82, 2.24) is 4.98 Å². The SMILES string of the molecule is CC(=O)OCC12C(OC(=O)c3cccnc3)CC3C(OC(C)=O)C1(OC3(C)C)C(C)(O)CC(OC(C)=O)C2OC(=O)c1ccccc1. The maximum absolute atomic E-state index is 13.8. The highest BCUT2D eigenvalue weighted by atomic mass is 16.6. The molecule has 5 rings (SSSR count). The molecule has 47 heavy (non-hydrogen) atoms. The molecular weight excluding hydrogens is 614 g/mol. The van der Waals surface area contributed by atoms with Crippen LogP contribution in [0.3, 0.4) is 0 Å². The Kier molecular flexibility index (Phi) is 8.93. The first kappa shape index (κ1) is 34.0. The standard InChI is InChI=1S/C34H39NO12/c1-19(36)42-18-33-26(45-30(40)23-13-10-14-35-17-23)15-24-27(44-21(3)38)34(33,47-31(24,4)5)32(6,41)16-25(43-20(2)37)28(33)46-29(39)22-11-8-7-9-12-22/h7-14,17,24-28,41H,15-16,18H2,1-6H3. The van der Waals surface area contributed by atoms with Crippen molar-refractivity contribution in [3.8, 4) is 0 Å². The van der Waals surface area contributed by atoms with E-state index in [2.05, 4.69) is 4.98 Å². The Bertz CT molecular complexity index is 1540. The number of pyridine rings is 1. The molecule has 3 fully saturated rings. The van der Waals surface area contributed by atoms with Gasteiger partial charge >= 0.3 is 29.8 Å². The van der Waals surface area contributed by atoms with Crippen LogP contribution >= 0.6 is 0 Å². The molecule has 0 radical (unpaired) electrons. The molecule has 1 aliphatic heterocycles. The predicted octanol–water partition coefficient (Wildman–Crippen LogP) is 2.97. The molecule has 2 heterocycles. The van der Waals surface area contributed by atoms with E-state index < -0.39 is 89.0 Å². The van der Waals surface area contributed by atoms with E-state index in [1.54, 1.807) is 38.1 Å². The van der Waals surface area contributed by atoms with E-state index in [0.29, 0.717) is 0 Å². The van der Waals surface area contributed by atoms with Crippen molar-refractivity contribution in [1.29, 1.82) is 0 Å². The van der Waals surface area contributed by atoms with Crippen molar-refractivity contribution in [3.05, 3.63) is 66.0 Å². The Labute approximate surface area is 271 Å². The van der Waals surface area contributed by atoms with Crippen molar-refractivity contribution in [2.24, 2.45) is 11.3 Å². The highest BCUT2D eigenvalue weighted by Crippen LogP contribution is 2.69. The van der Waals surface area contributed by atoms with Gasteiger partial charge in [0.2, 0.25) is 0 Å². The maximum atomic E-state index is 13.8. The summed E-state index contributed by atoms with van der Waals surface area (Å²) in [5, 5.41) is 12.6. The lowest BCUT2D eigenvalue weighted by Gasteiger charge is -2.65. The van der Waals surface area contributed by atoms with E-state index in [0.717, 1.165) is 13.8 Å². The second-order valence-corrected chi connectivity index (χ2v) is 13.1. The normalized spacial score (nSPS) is 33.5. The molecule has 252 valence electrons. The van der Waals surface area contributed by atoms with Gasteiger partial charge in [0.15, 0.2) is 11.7 Å². The third kappa shape index (κ3) is 5.75. The van der Waals surface area contributed by atoms with Gasteiger partial charge in [-0.15, -0.1) is 0 Å². The fraction of sp³-hybridized carbons (Fsp3) is 0.529. The topological polar surface area (TPSA) is 174 Å². The Balaban J connectivity index is 1.81. The zero-order valence-electron chi connectivity index (χ0n) is 27.1. The van der Waals surface area contributed by atoms with Crippen LogP contribution in [-0.2, 0) is 42.8 Å². The maximum Gasteiger partial charge on any atom is 0.340 e. The zero-order chi connectivity index (χ0) is 34.4. The minimum Gasteiger partial charge on any atom is -0.465 e. The molecule has 1 spiro atoms. The number of hydrogen-bond donors (Lipinski definition) is 1. The van der Waals surface area contributed by atoms with Crippen LogP contribution in [0.15, 0.2) is 54.9 Å². The molecule has 0 amide bonds. The van der Waals surface area contributed by atoms with Crippen LogP contribution in [0.25, 0.3) is 0 Å². The average Bonchev–Trinajstić information content (AvgIpc) is 3.16. The number of carbonyl (C=O) groups excluding carboxylic acids is 5. The minimum atomic E-state index is -2.05. The van der Waals surface area contributed by atoms with Gasteiger partial charge in [0, 0.05) is 45.5 Å². The summed E-state index contributed by atoms with van der Waals surface area (Å²) in [6, 6.07) is 11.0. The lowest BCUT2D eigenvalue weighted by atomic mass is 9.46. The summed E-state index contributed by atoms with van der Waals surface area (Å²) in [6.45, 7) is 7.76. The monoisotopic (exact) mass is 653 g/mol. The molecule has 13 nitrogen and oxygen atoms in total. The van der Waals surface area contributed by atoms with Gasteiger partial charge < -0.3 is 33.5 Å². The molecule has 13 heteroatoms. The van der Waals surface area contributed by atoms with Crippen LogP contribution in [0, 0.1) is 11.3 Å². The molecule has 1 aromatic carbocycles. The van der Waals surface area contributed by atoms with Gasteiger partial charge in [0.1, 0.15) is 30.3 Å². The number of fused-ring (bicyclic) bond motifs is 1. The van der Waals surface area contributed by atoms with Crippen molar-refractivity contribution >= 4 is 29.8 Å². The molecular formula is C34H39NO12. The molecule has 2 aromatic rings. The first-order chi connectivity index (χ1) is 22.1. The highest BCUT2D eigenvalue weighted by molar-refractivity contribution is 5.90. The highest BCUT2D eigenvalue weighted by Gasteiger charge is 2.86. The Hall–Kier alpha value is -4.36. The summed E-state index contributed by atoms with van der Waals surface area (Å²) in [5.74, 6) is -4.53. The van der Waals surface area contributed by atoms with Gasteiger partial charge in [-0.2, -0.15) is 0 Å². The zero-order valence-corrected chi connectivity index (χ0v) is 27.1. The van der Waals surface area contributed by atoms with Gasteiger partial charge in [-0.05, 0) is 51.5 Å². The molecule has 2 saturated carbocycles. The van der Waals surface area contributed by atoms with Crippen LogP contribution in [0.5, 0.6) is 0 Å². The van der Waals surface area contributed by atoms with Gasteiger partial charge in [-0.3, -0.25) is 19.4 Å². The Morgan fingerprint density at radius 3 is 2.06 bits per heavy atom. The van der Waals surface area contributed by atoms with Crippen molar-refractivity contribution in [2.45, 2.75) is 95.6 Å². The second kappa shape index (κ2) is 12.3. The summed E-state index contributed by atoms with van der Waals surface area (Å²) < 4.78 is 36.7. The van der Waals surface area contributed by atoms with E-state index in [-0.39, 0.29) is 24.0 Å². The smallest absolute Gasteiger partial charge is 0.340 e. The molecule has 3 aliphatic rings. The number of nitrogens with zero attached hydrogens (tertiary/aromatic N) is 1. The summed E-state index contributed by atoms with van der Waals surface area (Å²) in [7, 11) is 0. The molecule has 1 aromatic heterocycles. The third-order valence-corrected chi connectivity index (χ3v) is 9.58. The molecule has 1 N–H and O–H groups in total. The molecule has 1 saturated heterocycles. The van der Waals surface area contributed by atoms with Crippen LogP contribution in [-0.4, -0.2) is 87.8 Å². The van der Waals surface area contributed by atoms with E-state index in [9.17, 15) is 29.1 Å². The van der Waals surface area contributed by atoms with Crippen molar-refractivity contribution in [2.75, 3.05) is 6.61 Å². The average molecular weight is 654 g/mol. The lowest BCUT2D eigenvalue weighted by Crippen LogP contribution is -2.83. The number of benzene rings is 1. The summed E-state index contributed by atoms with van der Waals surface area (Å²) >= 11 is 0. The van der Waals surface area contributed by atoms with Crippen LogP contribution < -0.4 is 0 Å². The summed E-state index contributed by atoms with van der Waals surface area (Å²) in [6.07, 6.45) is -3.10. The quantitative estimate of drug-likeness (QED) is 0.326. The van der Waals surface area contributed by atoms with Crippen LogP contribution in [0.1, 0.15) is 75.1 Å². The Morgan fingerprint density at radius 1 is 0.830 bits per heavy atom. The number of hydrogen-bond acceptors (Lipinski definition) is 13. The molecule has 8 atom stereocenters. The lowest BCUT2D eigenvalue weighted by molar-refractivity contribution is -0.354. The number of rotatable bonds is 8. The molecule has 2 aliphatic carbocycles. The van der Waals surface area contributed by atoms with Gasteiger partial charge in [-0.1, -0.05) is 18.2 Å². The number of ether oxygens (including phenoxy) is 6. The van der Waals surface area contributed by atoms with E-state index in [1.165, 1.54) is 44.4 Å². The number of carbonyl (C=O) groups is 5. The van der Waals surface area contributed by atoms with Crippen LogP contribution in [0.2, 0.25) is 0 Å². The van der Waals surface area contributed by atoms with Gasteiger partial charge in [-0.25, -0.2) is 9.59 Å². The third-order valence-electron chi connectivity index (χ3n) is 9.58. The minimum absolute atomic E-state index is 0.0534. The predicted molar refractivity (Wildman–Crippen MR) is 161 cm³/mol. The first-order valence-electron chi connectivity index (χ1n) is 15.3. The van der Waals surface area contributed by atoms with E-state index in [4.69, 9.17) is 28.4 Å². The fourth-order valence-electron chi connectivity index (χ4n) is 7.87. The Morgan fingerprint density at radius 2 is 1.47 bits per heavy atom. The van der Waals surface area contributed by atoms with Crippen molar-refractivity contribution in [3.63, 3.8) is 0 Å². The fourth-order valence-corrected chi connectivity index (χ4v) is 7.87. The van der Waals surface area contributed by atoms with E-state index in [1.807, 2.05) is 0 Å². The van der Waals surface area contributed by atoms with Crippen molar-refractivity contribution < 1.29 is 57.5 Å². The number of esters is 5. The molecule has 2 bridgehead atoms. The van der Waals surface area contributed by atoms with Gasteiger partial charge in [0.25, 0.3) is 0 Å². The second-order valence-electron chi connectivity index (χ2n) is 13.1. The summed E-state index contributed by atoms with van der Waals surface area (Å²) in [4.78, 5) is 69.4. The summed E-state index contributed by atoms with van der Waals surface area (Å²) in [5.41, 5.74) is -7.00. The molecule has 8 unspecified atom stereocenters. The number of aromatic nitrogens is 1. The van der Waals surface area contributed by atoms with Gasteiger partial charge in [0.05, 0.1) is 22.3 Å². The largest absolute Gasteiger partial charge is 0.465 e. The number of aliphatic hydroxyl groups is 1. The van der Waals surface area contributed by atoms with E-state index >= 15 is 0 Å². The van der Waals surface area contributed by atoms with Crippen LogP contribution in [0.4, 0.5) is 0 Å². The first-order valence-corrected chi connectivity index (χ1v) is 15.3.